The zero-order valence-corrected chi connectivity index (χ0v) is 10.7. The van der Waals surface area contributed by atoms with Crippen LogP contribution in [0.15, 0.2) is 0 Å². The molecule has 0 aromatic rings. The summed E-state index contributed by atoms with van der Waals surface area (Å²) in [6.07, 6.45) is -0.548. The highest BCUT2D eigenvalue weighted by atomic mass is 16.5. The lowest BCUT2D eigenvalue weighted by Crippen LogP contribution is -2.40. The van der Waals surface area contributed by atoms with E-state index in [1.54, 1.807) is 19.1 Å². The monoisotopic (exact) mass is 232 g/mol. The van der Waals surface area contributed by atoms with Gasteiger partial charge in [0, 0.05) is 20.2 Å². The molecule has 0 radical (unpaired) electrons. The summed E-state index contributed by atoms with van der Waals surface area (Å²) in [5.41, 5.74) is 0. The van der Waals surface area contributed by atoms with Crippen molar-refractivity contribution in [2.24, 2.45) is 5.92 Å². The lowest BCUT2D eigenvalue weighted by molar-refractivity contribution is -0.122. The topological polar surface area (TPSA) is 61.8 Å². The fraction of sp³-hybridized carbons (Fsp3) is 0.909. The number of ether oxygens (including phenoxy) is 1. The summed E-state index contributed by atoms with van der Waals surface area (Å²) < 4.78 is 4.81. The van der Waals surface area contributed by atoms with Gasteiger partial charge in [-0.05, 0) is 13.0 Å². The number of carbonyl (C=O) groups excluding carboxylic acids is 1. The van der Waals surface area contributed by atoms with Gasteiger partial charge < -0.3 is 15.2 Å². The number of hydrogen-bond acceptors (Lipinski definition) is 4. The maximum atomic E-state index is 11.4. The van der Waals surface area contributed by atoms with Gasteiger partial charge in [0.1, 0.15) is 0 Å². The van der Waals surface area contributed by atoms with Gasteiger partial charge >= 0.3 is 0 Å². The normalized spacial score (nSPS) is 13.2. The number of amides is 1. The second kappa shape index (κ2) is 8.50. The van der Waals surface area contributed by atoms with Gasteiger partial charge in [-0.3, -0.25) is 9.69 Å². The van der Waals surface area contributed by atoms with Crippen LogP contribution in [-0.2, 0) is 9.53 Å². The third-order valence-electron chi connectivity index (χ3n) is 2.00. The molecule has 0 aromatic carbocycles. The number of nitrogens with one attached hydrogen (secondary N) is 1. The summed E-state index contributed by atoms with van der Waals surface area (Å²) >= 11 is 0. The highest BCUT2D eigenvalue weighted by molar-refractivity contribution is 5.77. The number of aliphatic hydroxyl groups excluding tert-OH is 1. The lowest BCUT2D eigenvalue weighted by atomic mass is 10.2. The third-order valence-corrected chi connectivity index (χ3v) is 2.00. The van der Waals surface area contributed by atoms with Crippen LogP contribution in [0.4, 0.5) is 0 Å². The van der Waals surface area contributed by atoms with Crippen LogP contribution in [0.1, 0.15) is 13.8 Å². The van der Waals surface area contributed by atoms with Gasteiger partial charge in [-0.25, -0.2) is 0 Å². The van der Waals surface area contributed by atoms with Crippen molar-refractivity contribution >= 4 is 5.91 Å². The van der Waals surface area contributed by atoms with Crippen LogP contribution in [0.5, 0.6) is 0 Å². The van der Waals surface area contributed by atoms with Crippen LogP contribution in [0, 0.1) is 5.92 Å². The van der Waals surface area contributed by atoms with Crippen molar-refractivity contribution in [3.63, 3.8) is 0 Å². The van der Waals surface area contributed by atoms with Crippen LogP contribution in [-0.4, -0.2) is 62.4 Å². The molecule has 5 nitrogen and oxygen atoms in total. The van der Waals surface area contributed by atoms with E-state index >= 15 is 0 Å². The van der Waals surface area contributed by atoms with Crippen molar-refractivity contribution < 1.29 is 14.6 Å². The first kappa shape index (κ1) is 15.3. The molecule has 0 aromatic heterocycles. The highest BCUT2D eigenvalue weighted by Gasteiger charge is 2.11. The number of hydrogen-bond donors (Lipinski definition) is 2. The predicted molar refractivity (Wildman–Crippen MR) is 63.2 cm³/mol. The molecule has 0 saturated heterocycles. The minimum Gasteiger partial charge on any atom is -0.389 e. The molecule has 0 spiro atoms. The SMILES string of the molecule is COCC(O)CN(C)CC(=O)NCC(C)C. The Kier molecular flexibility index (Phi) is 8.15. The molecular weight excluding hydrogens is 208 g/mol. The molecule has 16 heavy (non-hydrogen) atoms. The molecule has 1 amide bonds. The molecule has 0 aliphatic rings. The van der Waals surface area contributed by atoms with Gasteiger partial charge in [0.05, 0.1) is 19.3 Å². The number of likely N-dealkylation sites (N-methyl/N-ethyl adjacent to an activating group) is 1. The molecule has 5 heteroatoms. The summed E-state index contributed by atoms with van der Waals surface area (Å²) in [6, 6.07) is 0. The van der Waals surface area contributed by atoms with Gasteiger partial charge in [-0.2, -0.15) is 0 Å². The Hall–Kier alpha value is -0.650. The summed E-state index contributed by atoms with van der Waals surface area (Å²) in [7, 11) is 3.34. The molecule has 1 atom stereocenters. The van der Waals surface area contributed by atoms with Crippen molar-refractivity contribution in [2.75, 3.05) is 40.4 Å². The fourth-order valence-corrected chi connectivity index (χ4v) is 1.29. The van der Waals surface area contributed by atoms with E-state index in [-0.39, 0.29) is 12.5 Å². The van der Waals surface area contributed by atoms with E-state index in [1.165, 1.54) is 0 Å². The van der Waals surface area contributed by atoms with E-state index in [4.69, 9.17) is 4.74 Å². The standard InChI is InChI=1S/C11H24N2O3/c1-9(2)5-12-11(15)7-13(3)6-10(14)8-16-4/h9-10,14H,5-8H2,1-4H3,(H,12,15). The molecule has 2 N–H and O–H groups in total. The molecule has 0 bridgehead atoms. The van der Waals surface area contributed by atoms with E-state index in [0.29, 0.717) is 25.6 Å². The Morgan fingerprint density at radius 1 is 1.50 bits per heavy atom. The van der Waals surface area contributed by atoms with Crippen molar-refractivity contribution in [3.8, 4) is 0 Å². The molecule has 0 heterocycles. The smallest absolute Gasteiger partial charge is 0.234 e. The van der Waals surface area contributed by atoms with Crippen molar-refractivity contribution in [2.45, 2.75) is 20.0 Å². The van der Waals surface area contributed by atoms with Crippen LogP contribution >= 0.6 is 0 Å². The molecule has 0 rings (SSSR count). The van der Waals surface area contributed by atoms with Crippen molar-refractivity contribution in [3.05, 3.63) is 0 Å². The van der Waals surface area contributed by atoms with E-state index in [1.807, 2.05) is 13.8 Å². The second-order valence-corrected chi connectivity index (χ2v) is 4.50. The van der Waals surface area contributed by atoms with Crippen LogP contribution in [0.2, 0.25) is 0 Å². The van der Waals surface area contributed by atoms with Crippen molar-refractivity contribution in [1.29, 1.82) is 0 Å². The predicted octanol–water partition coefficient (Wildman–Crippen LogP) is -0.302. The number of aliphatic hydroxyl groups is 1. The quantitative estimate of drug-likeness (QED) is 0.603. The lowest BCUT2D eigenvalue weighted by Gasteiger charge is -2.19. The molecule has 0 saturated carbocycles. The number of methoxy groups -OCH3 is 1. The highest BCUT2D eigenvalue weighted by Crippen LogP contribution is 1.91. The van der Waals surface area contributed by atoms with Crippen molar-refractivity contribution in [1.82, 2.24) is 10.2 Å². The van der Waals surface area contributed by atoms with E-state index < -0.39 is 6.10 Å². The summed E-state index contributed by atoms with van der Waals surface area (Å²) in [4.78, 5) is 13.2. The van der Waals surface area contributed by atoms with Gasteiger partial charge in [-0.15, -0.1) is 0 Å². The minimum absolute atomic E-state index is 0.0131. The average molecular weight is 232 g/mol. The maximum Gasteiger partial charge on any atom is 0.234 e. The maximum absolute atomic E-state index is 11.4. The third kappa shape index (κ3) is 8.64. The first-order valence-corrected chi connectivity index (χ1v) is 5.58. The Morgan fingerprint density at radius 2 is 2.12 bits per heavy atom. The van der Waals surface area contributed by atoms with Gasteiger partial charge in [-0.1, -0.05) is 13.8 Å². The molecule has 96 valence electrons. The number of rotatable bonds is 8. The Bertz CT molecular complexity index is 198. The van der Waals surface area contributed by atoms with Crippen LogP contribution in [0.3, 0.4) is 0 Å². The summed E-state index contributed by atoms with van der Waals surface area (Å²) in [5.74, 6) is 0.439. The van der Waals surface area contributed by atoms with E-state index in [2.05, 4.69) is 5.32 Å². The fourth-order valence-electron chi connectivity index (χ4n) is 1.29. The zero-order valence-electron chi connectivity index (χ0n) is 10.7. The largest absolute Gasteiger partial charge is 0.389 e. The zero-order chi connectivity index (χ0) is 12.6. The van der Waals surface area contributed by atoms with E-state index in [9.17, 15) is 9.90 Å². The minimum atomic E-state index is -0.548. The molecule has 0 fully saturated rings. The van der Waals surface area contributed by atoms with E-state index in [0.717, 1.165) is 0 Å². The molecule has 0 aliphatic carbocycles. The Labute approximate surface area is 97.8 Å². The van der Waals surface area contributed by atoms with Gasteiger partial charge in [0.15, 0.2) is 0 Å². The first-order valence-electron chi connectivity index (χ1n) is 5.58. The second-order valence-electron chi connectivity index (χ2n) is 4.50. The summed E-state index contributed by atoms with van der Waals surface area (Å²) in [6.45, 7) is 5.81. The van der Waals surface area contributed by atoms with Crippen LogP contribution < -0.4 is 5.32 Å². The molecule has 0 aliphatic heterocycles. The number of nitrogens with zero attached hydrogens (tertiary/aromatic N) is 1. The van der Waals surface area contributed by atoms with Gasteiger partial charge in [0.2, 0.25) is 5.91 Å². The Morgan fingerprint density at radius 3 is 2.62 bits per heavy atom. The first-order chi connectivity index (χ1) is 7.45. The average Bonchev–Trinajstić information content (AvgIpc) is 2.14. The van der Waals surface area contributed by atoms with Gasteiger partial charge in [0.25, 0.3) is 0 Å². The Balaban J connectivity index is 3.69. The molecular formula is C11H24N2O3. The van der Waals surface area contributed by atoms with Crippen LogP contribution in [0.25, 0.3) is 0 Å². The molecule has 1 unspecified atom stereocenters. The number of carbonyl (C=O) groups is 1. The summed E-state index contributed by atoms with van der Waals surface area (Å²) in [5, 5.41) is 12.3.